The Morgan fingerprint density at radius 2 is 1.50 bits per heavy atom. The van der Waals surface area contributed by atoms with Gasteiger partial charge in [-0.2, -0.15) is 0 Å². The second-order valence-electron chi connectivity index (χ2n) is 12.2. The van der Waals surface area contributed by atoms with Crippen LogP contribution in [0.3, 0.4) is 0 Å². The molecular formula is C32H45N3O7. The molecule has 230 valence electrons. The zero-order chi connectivity index (χ0) is 31.7. The molecule has 0 aliphatic heterocycles. The maximum absolute atomic E-state index is 14.1. The van der Waals surface area contributed by atoms with Gasteiger partial charge in [-0.1, -0.05) is 48.5 Å². The predicted molar refractivity (Wildman–Crippen MR) is 160 cm³/mol. The van der Waals surface area contributed by atoms with Gasteiger partial charge in [0.25, 0.3) is 0 Å². The van der Waals surface area contributed by atoms with E-state index in [1.165, 1.54) is 4.90 Å². The van der Waals surface area contributed by atoms with Gasteiger partial charge >= 0.3 is 12.1 Å². The van der Waals surface area contributed by atoms with Crippen molar-refractivity contribution in [2.45, 2.75) is 85.1 Å². The predicted octanol–water partition coefficient (Wildman–Crippen LogP) is 3.76. The van der Waals surface area contributed by atoms with Crippen LogP contribution in [-0.2, 0) is 30.3 Å². The van der Waals surface area contributed by atoms with Crippen LogP contribution in [0.1, 0.15) is 69.8 Å². The Bertz CT molecular complexity index is 1230. The van der Waals surface area contributed by atoms with Crippen molar-refractivity contribution in [1.29, 1.82) is 0 Å². The van der Waals surface area contributed by atoms with Crippen molar-refractivity contribution in [2.75, 3.05) is 19.7 Å². The maximum atomic E-state index is 14.1. The molecule has 2 aromatic carbocycles. The highest BCUT2D eigenvalue weighted by atomic mass is 16.6. The fourth-order valence-electron chi connectivity index (χ4n) is 4.14. The monoisotopic (exact) mass is 583 g/mol. The van der Waals surface area contributed by atoms with E-state index in [-0.39, 0.29) is 13.0 Å². The van der Waals surface area contributed by atoms with Crippen LogP contribution < -0.4 is 10.6 Å². The Morgan fingerprint density at radius 3 is 2.05 bits per heavy atom. The third-order valence-corrected chi connectivity index (χ3v) is 6.14. The Hall–Kier alpha value is -3.92. The standard InChI is InChI=1S/C32H45N3O7/c1-21-14-15-24(18-22(21)2)27(35(16-17-36)26(37)20-33-30(40)42-32(6,7)8)28(38)34-25(29(39)41-31(3,4)5)19-23-12-10-9-11-13-23/h9-15,18,25,27,36H,16-17,19-20H2,1-8H3,(H,33,40)(H,34,38). The van der Waals surface area contributed by atoms with E-state index in [0.29, 0.717) is 5.56 Å². The minimum absolute atomic E-state index is 0.162. The van der Waals surface area contributed by atoms with Crippen molar-refractivity contribution in [3.8, 4) is 0 Å². The number of hydrogen-bond donors (Lipinski definition) is 3. The summed E-state index contributed by atoms with van der Waals surface area (Å²) in [5.74, 6) is -1.88. The number of amides is 3. The molecule has 0 spiro atoms. The van der Waals surface area contributed by atoms with Gasteiger partial charge in [0.05, 0.1) is 6.61 Å². The normalized spacial score (nSPS) is 13.0. The molecule has 0 aliphatic rings. The highest BCUT2D eigenvalue weighted by Gasteiger charge is 2.35. The van der Waals surface area contributed by atoms with Gasteiger partial charge in [-0.15, -0.1) is 0 Å². The van der Waals surface area contributed by atoms with E-state index in [9.17, 15) is 24.3 Å². The number of alkyl carbamates (subject to hydrolysis) is 1. The lowest BCUT2D eigenvalue weighted by Crippen LogP contribution is -2.52. The molecule has 0 aliphatic carbocycles. The molecule has 3 N–H and O–H groups in total. The molecule has 0 bridgehead atoms. The van der Waals surface area contributed by atoms with E-state index in [1.807, 2.05) is 50.2 Å². The van der Waals surface area contributed by atoms with Gasteiger partial charge in [-0.3, -0.25) is 9.59 Å². The fraction of sp³-hybridized carbons (Fsp3) is 0.500. The minimum atomic E-state index is -1.22. The number of nitrogens with one attached hydrogen (secondary N) is 2. The van der Waals surface area contributed by atoms with E-state index in [2.05, 4.69) is 10.6 Å². The Kier molecular flexibility index (Phi) is 12.1. The summed E-state index contributed by atoms with van der Waals surface area (Å²) in [6.07, 6.45) is -0.630. The number of carbonyl (C=O) groups is 4. The van der Waals surface area contributed by atoms with Gasteiger partial charge in [0, 0.05) is 13.0 Å². The van der Waals surface area contributed by atoms with Crippen LogP contribution in [0.2, 0.25) is 0 Å². The summed E-state index contributed by atoms with van der Waals surface area (Å²) in [4.78, 5) is 54.2. The molecule has 0 aromatic heterocycles. The molecule has 0 saturated carbocycles. The van der Waals surface area contributed by atoms with Crippen LogP contribution >= 0.6 is 0 Å². The second kappa shape index (κ2) is 14.8. The molecule has 0 saturated heterocycles. The highest BCUT2D eigenvalue weighted by molar-refractivity contribution is 5.93. The van der Waals surface area contributed by atoms with Crippen molar-refractivity contribution >= 4 is 23.9 Å². The fourth-order valence-corrected chi connectivity index (χ4v) is 4.14. The van der Waals surface area contributed by atoms with Gasteiger partial charge < -0.3 is 30.1 Å². The van der Waals surface area contributed by atoms with Crippen LogP contribution in [0, 0.1) is 13.8 Å². The number of aliphatic hydroxyl groups is 1. The summed E-state index contributed by atoms with van der Waals surface area (Å²) < 4.78 is 10.8. The number of carbonyl (C=O) groups excluding carboxylic acids is 4. The van der Waals surface area contributed by atoms with Crippen molar-refractivity contribution in [3.05, 3.63) is 70.8 Å². The molecular weight excluding hydrogens is 538 g/mol. The van der Waals surface area contributed by atoms with Crippen LogP contribution in [0.25, 0.3) is 0 Å². The third kappa shape index (κ3) is 11.2. The van der Waals surface area contributed by atoms with Crippen molar-refractivity contribution in [3.63, 3.8) is 0 Å². The molecule has 3 amide bonds. The zero-order valence-corrected chi connectivity index (χ0v) is 25.9. The Morgan fingerprint density at radius 1 is 0.881 bits per heavy atom. The smallest absolute Gasteiger partial charge is 0.408 e. The highest BCUT2D eigenvalue weighted by Crippen LogP contribution is 2.25. The first-order chi connectivity index (χ1) is 19.5. The minimum Gasteiger partial charge on any atom is -0.458 e. The SMILES string of the molecule is Cc1ccc(C(C(=O)NC(Cc2ccccc2)C(=O)OC(C)(C)C)N(CCO)C(=O)CNC(=O)OC(C)(C)C)cc1C. The molecule has 10 heteroatoms. The van der Waals surface area contributed by atoms with E-state index < -0.39 is 60.3 Å². The molecule has 0 radical (unpaired) electrons. The first kappa shape index (κ1) is 34.3. The van der Waals surface area contributed by atoms with E-state index >= 15 is 0 Å². The van der Waals surface area contributed by atoms with Gasteiger partial charge in [-0.25, -0.2) is 9.59 Å². The Balaban J connectivity index is 2.46. The van der Waals surface area contributed by atoms with Crippen LogP contribution in [0.15, 0.2) is 48.5 Å². The average Bonchev–Trinajstić information content (AvgIpc) is 2.87. The quantitative estimate of drug-likeness (QED) is 0.343. The first-order valence-corrected chi connectivity index (χ1v) is 14.0. The number of aliphatic hydroxyl groups excluding tert-OH is 1. The van der Waals surface area contributed by atoms with E-state index in [0.717, 1.165) is 16.7 Å². The number of esters is 1. The number of benzene rings is 2. The molecule has 0 fully saturated rings. The molecule has 2 aromatic rings. The summed E-state index contributed by atoms with van der Waals surface area (Å²) in [5, 5.41) is 15.1. The van der Waals surface area contributed by atoms with Crippen molar-refractivity contribution < 1.29 is 33.8 Å². The molecule has 42 heavy (non-hydrogen) atoms. The molecule has 2 atom stereocenters. The van der Waals surface area contributed by atoms with Gasteiger partial charge in [0.2, 0.25) is 11.8 Å². The first-order valence-electron chi connectivity index (χ1n) is 14.0. The summed E-state index contributed by atoms with van der Waals surface area (Å²) >= 11 is 0. The topological polar surface area (TPSA) is 134 Å². The van der Waals surface area contributed by atoms with E-state index in [1.54, 1.807) is 53.7 Å². The molecule has 0 heterocycles. The van der Waals surface area contributed by atoms with Crippen LogP contribution in [-0.4, -0.2) is 70.8 Å². The second-order valence-corrected chi connectivity index (χ2v) is 12.2. The summed E-state index contributed by atoms with van der Waals surface area (Å²) in [5.41, 5.74) is 1.60. The zero-order valence-electron chi connectivity index (χ0n) is 25.9. The molecule has 2 unspecified atom stereocenters. The molecule has 2 rings (SSSR count). The van der Waals surface area contributed by atoms with Crippen LogP contribution in [0.4, 0.5) is 4.79 Å². The lowest BCUT2D eigenvalue weighted by molar-refractivity contribution is -0.159. The van der Waals surface area contributed by atoms with Crippen LogP contribution in [0.5, 0.6) is 0 Å². The number of hydrogen-bond acceptors (Lipinski definition) is 7. The Labute approximate surface area is 248 Å². The third-order valence-electron chi connectivity index (χ3n) is 6.14. The number of rotatable bonds is 11. The number of ether oxygens (including phenoxy) is 2. The van der Waals surface area contributed by atoms with Crippen molar-refractivity contribution in [2.24, 2.45) is 0 Å². The van der Waals surface area contributed by atoms with Gasteiger partial charge in [0.15, 0.2) is 0 Å². The van der Waals surface area contributed by atoms with E-state index in [4.69, 9.17) is 9.47 Å². The number of aryl methyl sites for hydroxylation is 2. The van der Waals surface area contributed by atoms with Crippen molar-refractivity contribution in [1.82, 2.24) is 15.5 Å². The summed E-state index contributed by atoms with van der Waals surface area (Å²) in [7, 11) is 0. The summed E-state index contributed by atoms with van der Waals surface area (Å²) in [6.45, 7) is 13.0. The summed E-state index contributed by atoms with van der Waals surface area (Å²) in [6, 6.07) is 12.3. The lowest BCUT2D eigenvalue weighted by atomic mass is 9.98. The maximum Gasteiger partial charge on any atom is 0.408 e. The lowest BCUT2D eigenvalue weighted by Gasteiger charge is -2.33. The van der Waals surface area contributed by atoms with Gasteiger partial charge in [-0.05, 0) is 77.6 Å². The number of nitrogens with zero attached hydrogens (tertiary/aromatic N) is 1. The largest absolute Gasteiger partial charge is 0.458 e. The average molecular weight is 584 g/mol. The van der Waals surface area contributed by atoms with Gasteiger partial charge in [0.1, 0.15) is 29.8 Å². The molecule has 10 nitrogen and oxygen atoms in total.